The third-order valence-corrected chi connectivity index (χ3v) is 8.55. The van der Waals surface area contributed by atoms with E-state index >= 15 is 0 Å². The fourth-order valence-electron chi connectivity index (χ4n) is 3.22. The van der Waals surface area contributed by atoms with Crippen LogP contribution in [0.5, 0.6) is 0 Å². The zero-order chi connectivity index (χ0) is 22.3. The van der Waals surface area contributed by atoms with Crippen LogP contribution in [0.1, 0.15) is 10.7 Å². The molecule has 4 rings (SSSR count). The van der Waals surface area contributed by atoms with Gasteiger partial charge in [-0.25, -0.2) is 4.79 Å². The summed E-state index contributed by atoms with van der Waals surface area (Å²) in [6.45, 7) is 3.51. The molecule has 0 radical (unpaired) electrons. The third-order valence-electron chi connectivity index (χ3n) is 4.78. The van der Waals surface area contributed by atoms with Crippen LogP contribution in [0, 0.1) is 13.8 Å². The Balaban J connectivity index is 1.43. The van der Waals surface area contributed by atoms with Crippen molar-refractivity contribution in [1.82, 2.24) is 30.2 Å². The van der Waals surface area contributed by atoms with E-state index in [1.54, 1.807) is 6.92 Å². The van der Waals surface area contributed by atoms with Crippen molar-refractivity contribution in [2.75, 3.05) is 11.5 Å². The van der Waals surface area contributed by atoms with Crippen molar-refractivity contribution in [2.24, 2.45) is 0 Å². The highest BCUT2D eigenvalue weighted by molar-refractivity contribution is 8.01. The molecule has 2 atom stereocenters. The summed E-state index contributed by atoms with van der Waals surface area (Å²) in [6.07, 6.45) is 1.45. The molecule has 0 aromatic carbocycles. The number of carboxylic acid groups (broad SMARTS) is 1. The molecule has 2 amide bonds. The number of fused-ring (bicyclic) bond motifs is 1. The number of nitrogens with one attached hydrogen (secondary N) is 1. The minimum atomic E-state index is -1.16. The maximum atomic E-state index is 12.7. The second kappa shape index (κ2) is 8.81. The van der Waals surface area contributed by atoms with Gasteiger partial charge in [0.05, 0.1) is 16.9 Å². The molecule has 164 valence electrons. The Morgan fingerprint density at radius 2 is 2.16 bits per heavy atom. The van der Waals surface area contributed by atoms with Crippen molar-refractivity contribution in [3.63, 3.8) is 0 Å². The summed E-state index contributed by atoms with van der Waals surface area (Å²) in [5.74, 6) is -1.14. The van der Waals surface area contributed by atoms with Crippen LogP contribution in [0.15, 0.2) is 21.8 Å². The van der Waals surface area contributed by atoms with Gasteiger partial charge in [0.2, 0.25) is 5.91 Å². The van der Waals surface area contributed by atoms with Crippen molar-refractivity contribution in [1.29, 1.82) is 0 Å². The number of nitrogens with zero attached hydrogens (tertiary/aromatic N) is 5. The van der Waals surface area contributed by atoms with Gasteiger partial charge >= 0.3 is 5.97 Å². The molecule has 0 spiro atoms. The normalized spacial score (nSPS) is 20.5. The number of hydrogen-bond donors (Lipinski definition) is 2. The average Bonchev–Trinajstić information content (AvgIpc) is 3.29. The molecule has 2 N–H and O–H groups in total. The summed E-state index contributed by atoms with van der Waals surface area (Å²) in [5, 5.41) is 25.3. The van der Waals surface area contributed by atoms with Crippen molar-refractivity contribution in [2.45, 2.75) is 36.1 Å². The molecule has 0 bridgehead atoms. The summed E-state index contributed by atoms with van der Waals surface area (Å²) in [4.78, 5) is 38.3. The number of carboxylic acids is 1. The summed E-state index contributed by atoms with van der Waals surface area (Å²) in [5.41, 5.74) is 1.28. The zero-order valence-electron chi connectivity index (χ0n) is 16.4. The second-order valence-corrected chi connectivity index (χ2v) is 10.7. The van der Waals surface area contributed by atoms with Crippen LogP contribution in [0.25, 0.3) is 0 Å². The number of aromatic nitrogens is 4. The van der Waals surface area contributed by atoms with E-state index in [9.17, 15) is 19.5 Å². The lowest BCUT2D eigenvalue weighted by Gasteiger charge is -2.49. The standard InChI is InChI=1S/C17H17ClN6O4S3/c1-7-10(18)3-19-23(7)4-11(25)20-12-14(26)24-13(16(27)28)9(5-29-15(12)24)6-30-17-22-21-8(2)31-17/h3,12,15H,4-6H2,1-2H3,(H,20,25)(H,27,28)/t12-,15-/m0/s1. The first kappa shape index (κ1) is 22.1. The highest BCUT2D eigenvalue weighted by Crippen LogP contribution is 2.41. The summed E-state index contributed by atoms with van der Waals surface area (Å²) >= 11 is 10.2. The number of β-lactam (4-membered cyclic amide) rings is 1. The predicted molar refractivity (Wildman–Crippen MR) is 117 cm³/mol. The predicted octanol–water partition coefficient (Wildman–Crippen LogP) is 1.54. The quantitative estimate of drug-likeness (QED) is 0.429. The Morgan fingerprint density at radius 1 is 1.39 bits per heavy atom. The van der Waals surface area contributed by atoms with Gasteiger partial charge in [0.25, 0.3) is 5.91 Å². The van der Waals surface area contributed by atoms with Crippen LogP contribution in [-0.2, 0) is 20.9 Å². The Kier molecular flexibility index (Phi) is 6.28. The minimum Gasteiger partial charge on any atom is -0.477 e. The van der Waals surface area contributed by atoms with Gasteiger partial charge in [-0.1, -0.05) is 34.7 Å². The Hall–Kier alpha value is -2.09. The second-order valence-electron chi connectivity index (χ2n) is 6.82. The van der Waals surface area contributed by atoms with E-state index in [0.29, 0.717) is 27.8 Å². The highest BCUT2D eigenvalue weighted by atomic mass is 35.5. The lowest BCUT2D eigenvalue weighted by atomic mass is 10.0. The molecule has 0 saturated carbocycles. The van der Waals surface area contributed by atoms with Gasteiger partial charge in [0.15, 0.2) is 4.34 Å². The average molecular weight is 501 g/mol. The van der Waals surface area contributed by atoms with E-state index < -0.39 is 29.2 Å². The fraction of sp³-hybridized carbons (Fsp3) is 0.412. The molecule has 0 unspecified atom stereocenters. The molecular weight excluding hydrogens is 484 g/mol. The summed E-state index contributed by atoms with van der Waals surface area (Å²) in [6, 6.07) is -0.779. The molecule has 2 aliphatic heterocycles. The van der Waals surface area contributed by atoms with Crippen LogP contribution in [0.4, 0.5) is 0 Å². The maximum Gasteiger partial charge on any atom is 0.352 e. The van der Waals surface area contributed by atoms with Gasteiger partial charge in [-0.15, -0.1) is 22.0 Å². The molecule has 14 heteroatoms. The SMILES string of the molecule is Cc1nnc(SCC2=C(C(=O)O)N3C(=O)[C@H](NC(=O)Cn4ncc(Cl)c4C)[C@@H]3SC2)s1. The Bertz CT molecular complexity index is 1100. The van der Waals surface area contributed by atoms with E-state index in [2.05, 4.69) is 20.6 Å². The molecule has 4 heterocycles. The number of aliphatic carboxylic acids is 1. The number of thioether (sulfide) groups is 2. The van der Waals surface area contributed by atoms with Gasteiger partial charge in [-0.2, -0.15) is 5.10 Å². The number of carbonyl (C=O) groups is 3. The van der Waals surface area contributed by atoms with Crippen molar-refractivity contribution >= 4 is 64.2 Å². The van der Waals surface area contributed by atoms with Crippen LogP contribution in [-0.4, -0.2) is 70.7 Å². The van der Waals surface area contributed by atoms with E-state index in [1.165, 1.54) is 50.6 Å². The number of carbonyl (C=O) groups excluding carboxylic acids is 2. The third kappa shape index (κ3) is 4.31. The lowest BCUT2D eigenvalue weighted by molar-refractivity contribution is -0.150. The monoisotopic (exact) mass is 500 g/mol. The zero-order valence-corrected chi connectivity index (χ0v) is 19.6. The first-order valence-corrected chi connectivity index (χ1v) is 12.3. The van der Waals surface area contributed by atoms with Crippen molar-refractivity contribution < 1.29 is 19.5 Å². The largest absolute Gasteiger partial charge is 0.477 e. The van der Waals surface area contributed by atoms with E-state index in [4.69, 9.17) is 11.6 Å². The van der Waals surface area contributed by atoms with Gasteiger partial charge in [-0.05, 0) is 19.4 Å². The summed E-state index contributed by atoms with van der Waals surface area (Å²) < 4.78 is 2.19. The number of amides is 2. The van der Waals surface area contributed by atoms with Crippen molar-refractivity contribution in [3.8, 4) is 0 Å². The molecule has 2 aromatic heterocycles. The van der Waals surface area contributed by atoms with Gasteiger partial charge in [0, 0.05) is 11.5 Å². The number of hydrogen-bond acceptors (Lipinski definition) is 9. The first-order chi connectivity index (χ1) is 14.8. The van der Waals surface area contributed by atoms with Crippen molar-refractivity contribution in [3.05, 3.63) is 33.2 Å². The van der Waals surface area contributed by atoms with Crippen LogP contribution < -0.4 is 5.32 Å². The van der Waals surface area contributed by atoms with Gasteiger partial charge in [0.1, 0.15) is 28.7 Å². The smallest absolute Gasteiger partial charge is 0.352 e. The highest BCUT2D eigenvalue weighted by Gasteiger charge is 2.54. The minimum absolute atomic E-state index is 0.0114. The van der Waals surface area contributed by atoms with Gasteiger partial charge < -0.3 is 10.4 Å². The fourth-order valence-corrected chi connectivity index (χ4v) is 6.66. The molecule has 0 aliphatic carbocycles. The first-order valence-electron chi connectivity index (χ1n) is 9.06. The van der Waals surface area contributed by atoms with Crippen LogP contribution >= 0.6 is 46.5 Å². The molecular formula is C17H17ClN6O4S3. The van der Waals surface area contributed by atoms with Crippen LogP contribution in [0.3, 0.4) is 0 Å². The summed E-state index contributed by atoms with van der Waals surface area (Å²) in [7, 11) is 0. The topological polar surface area (TPSA) is 130 Å². The van der Waals surface area contributed by atoms with E-state index in [1.807, 2.05) is 6.92 Å². The lowest BCUT2D eigenvalue weighted by Crippen LogP contribution is -2.70. The molecule has 2 aromatic rings. The number of aryl methyl sites for hydroxylation is 1. The van der Waals surface area contributed by atoms with Gasteiger partial charge in [-0.3, -0.25) is 19.2 Å². The number of rotatable bonds is 7. The maximum absolute atomic E-state index is 12.7. The van der Waals surface area contributed by atoms with E-state index in [0.717, 1.165) is 9.35 Å². The molecule has 1 saturated heterocycles. The molecule has 2 aliphatic rings. The molecule has 31 heavy (non-hydrogen) atoms. The van der Waals surface area contributed by atoms with Crippen LogP contribution in [0.2, 0.25) is 5.02 Å². The van der Waals surface area contributed by atoms with E-state index in [-0.39, 0.29) is 12.2 Å². The Morgan fingerprint density at radius 3 is 2.77 bits per heavy atom. The number of halogens is 1. The Labute approximate surface area is 194 Å². The molecule has 10 nitrogen and oxygen atoms in total. The molecule has 1 fully saturated rings.